The Morgan fingerprint density at radius 3 is 2.52 bits per heavy atom. The lowest BCUT2D eigenvalue weighted by Crippen LogP contribution is -2.49. The highest BCUT2D eigenvalue weighted by molar-refractivity contribution is 6.36. The Labute approximate surface area is 201 Å². The van der Waals surface area contributed by atoms with Gasteiger partial charge in [-0.05, 0) is 49.6 Å². The van der Waals surface area contributed by atoms with Crippen LogP contribution in [0.5, 0.6) is 0 Å². The highest BCUT2D eigenvalue weighted by Crippen LogP contribution is 2.21. The number of hydrazine groups is 1. The zero-order valence-electron chi connectivity index (χ0n) is 18.5. The number of carbonyl (C=O) groups is 2. The molecule has 0 radical (unpaired) electrons. The number of rotatable bonds is 8. The van der Waals surface area contributed by atoms with E-state index in [-0.39, 0.29) is 28.0 Å². The van der Waals surface area contributed by atoms with E-state index in [1.165, 1.54) is 16.7 Å². The Bertz CT molecular complexity index is 1240. The van der Waals surface area contributed by atoms with Crippen molar-refractivity contribution in [3.63, 3.8) is 0 Å². The van der Waals surface area contributed by atoms with Gasteiger partial charge in [-0.1, -0.05) is 49.2 Å². The minimum absolute atomic E-state index is 0.120. The Hall–Kier alpha value is -3.10. The van der Waals surface area contributed by atoms with Crippen LogP contribution in [0, 0.1) is 5.92 Å². The molecule has 3 N–H and O–H groups in total. The number of carbonyl (C=O) groups excluding carboxylic acids is 2. The second-order valence-electron chi connectivity index (χ2n) is 7.90. The highest BCUT2D eigenvalue weighted by Gasteiger charge is 2.24. The van der Waals surface area contributed by atoms with E-state index in [0.717, 1.165) is 0 Å². The van der Waals surface area contributed by atoms with Crippen LogP contribution in [0.15, 0.2) is 47.3 Å². The monoisotopic (exact) mass is 489 g/mol. The first kappa shape index (κ1) is 24.5. The van der Waals surface area contributed by atoms with Gasteiger partial charge in [0.25, 0.3) is 17.4 Å². The van der Waals surface area contributed by atoms with Gasteiger partial charge >= 0.3 is 0 Å². The maximum absolute atomic E-state index is 12.9. The average Bonchev–Trinajstić information content (AvgIpc) is 2.76. The van der Waals surface area contributed by atoms with Crippen LogP contribution in [0.4, 0.5) is 5.95 Å². The first-order chi connectivity index (χ1) is 15.7. The fourth-order valence-corrected chi connectivity index (χ4v) is 3.87. The van der Waals surface area contributed by atoms with E-state index in [1.54, 1.807) is 30.3 Å². The molecule has 174 valence electrons. The van der Waals surface area contributed by atoms with Gasteiger partial charge < -0.3 is 5.32 Å². The van der Waals surface area contributed by atoms with Crippen molar-refractivity contribution < 1.29 is 9.59 Å². The largest absolute Gasteiger partial charge is 0.340 e. The SMILES string of the molecule is CCn1c(NNC(=O)C(CC(C)C)NC(=O)c2ccc(Cl)cc2Cl)nc2ccccc2c1=O. The van der Waals surface area contributed by atoms with Crippen molar-refractivity contribution in [3.8, 4) is 0 Å². The predicted molar refractivity (Wildman–Crippen MR) is 131 cm³/mol. The normalized spacial score (nSPS) is 11.9. The molecular weight excluding hydrogens is 465 g/mol. The van der Waals surface area contributed by atoms with Crippen molar-refractivity contribution in [3.05, 3.63) is 68.4 Å². The van der Waals surface area contributed by atoms with E-state index in [9.17, 15) is 14.4 Å². The summed E-state index contributed by atoms with van der Waals surface area (Å²) in [6.07, 6.45) is 0.385. The Kier molecular flexibility index (Phi) is 7.94. The van der Waals surface area contributed by atoms with Crippen molar-refractivity contribution in [2.45, 2.75) is 39.8 Å². The van der Waals surface area contributed by atoms with Gasteiger partial charge in [-0.15, -0.1) is 0 Å². The van der Waals surface area contributed by atoms with Crippen molar-refractivity contribution >= 4 is 51.9 Å². The number of nitrogens with zero attached hydrogens (tertiary/aromatic N) is 2. The fourth-order valence-electron chi connectivity index (χ4n) is 3.37. The van der Waals surface area contributed by atoms with Crippen LogP contribution in [-0.4, -0.2) is 27.4 Å². The summed E-state index contributed by atoms with van der Waals surface area (Å²) in [6.45, 7) is 6.04. The second kappa shape index (κ2) is 10.7. The maximum atomic E-state index is 12.9. The smallest absolute Gasteiger partial charge is 0.262 e. The van der Waals surface area contributed by atoms with Gasteiger partial charge in [0.2, 0.25) is 5.95 Å². The molecule has 3 rings (SSSR count). The minimum atomic E-state index is -0.848. The molecule has 0 fully saturated rings. The molecule has 0 spiro atoms. The molecule has 3 aromatic rings. The summed E-state index contributed by atoms with van der Waals surface area (Å²) in [6, 6.07) is 10.6. The number of hydrogen-bond acceptors (Lipinski definition) is 5. The van der Waals surface area contributed by atoms with Crippen LogP contribution < -0.4 is 21.7 Å². The predicted octanol–water partition coefficient (Wildman–Crippen LogP) is 4.01. The number of anilines is 1. The summed E-state index contributed by atoms with van der Waals surface area (Å²) in [5, 5.41) is 3.80. The summed E-state index contributed by atoms with van der Waals surface area (Å²) in [7, 11) is 0. The van der Waals surface area contributed by atoms with E-state index < -0.39 is 17.9 Å². The molecule has 1 unspecified atom stereocenters. The topological polar surface area (TPSA) is 105 Å². The Morgan fingerprint density at radius 1 is 1.12 bits per heavy atom. The number of amides is 2. The Morgan fingerprint density at radius 2 is 1.85 bits per heavy atom. The van der Waals surface area contributed by atoms with E-state index in [2.05, 4.69) is 21.2 Å². The minimum Gasteiger partial charge on any atom is -0.340 e. The molecule has 0 saturated heterocycles. The van der Waals surface area contributed by atoms with Crippen LogP contribution in [0.3, 0.4) is 0 Å². The molecule has 33 heavy (non-hydrogen) atoms. The molecule has 0 aliphatic carbocycles. The molecule has 0 saturated carbocycles. The number of hydrogen-bond donors (Lipinski definition) is 3. The molecule has 0 bridgehead atoms. The zero-order valence-corrected chi connectivity index (χ0v) is 20.0. The number of para-hydroxylation sites is 1. The van der Waals surface area contributed by atoms with Crippen LogP contribution in [0.1, 0.15) is 37.6 Å². The summed E-state index contributed by atoms with van der Waals surface area (Å²) in [5.41, 5.74) is 5.82. The lowest BCUT2D eigenvalue weighted by atomic mass is 10.0. The number of aromatic nitrogens is 2. The van der Waals surface area contributed by atoms with Crippen molar-refractivity contribution in [1.29, 1.82) is 0 Å². The van der Waals surface area contributed by atoms with Gasteiger partial charge in [0.1, 0.15) is 6.04 Å². The molecule has 2 aromatic carbocycles. The highest BCUT2D eigenvalue weighted by atomic mass is 35.5. The first-order valence-electron chi connectivity index (χ1n) is 10.5. The standard InChI is InChI=1S/C23H25Cl2N5O3/c1-4-30-22(33)16-7-5-6-8-18(16)27-23(30)29-28-21(32)19(11-13(2)3)26-20(31)15-10-9-14(24)12-17(15)25/h5-10,12-13,19H,4,11H2,1-3H3,(H,26,31)(H,27,29)(H,28,32). The summed E-state index contributed by atoms with van der Waals surface area (Å²) >= 11 is 12.0. The maximum Gasteiger partial charge on any atom is 0.262 e. The number of benzene rings is 2. The molecule has 8 nitrogen and oxygen atoms in total. The van der Waals surface area contributed by atoms with Crippen molar-refractivity contribution in [1.82, 2.24) is 20.3 Å². The lowest BCUT2D eigenvalue weighted by molar-refractivity contribution is -0.122. The van der Waals surface area contributed by atoms with Crippen molar-refractivity contribution in [2.24, 2.45) is 5.92 Å². The molecule has 1 heterocycles. The summed E-state index contributed by atoms with van der Waals surface area (Å²) < 4.78 is 1.42. The Balaban J connectivity index is 1.79. The molecule has 0 aliphatic rings. The van der Waals surface area contributed by atoms with Gasteiger partial charge in [0.05, 0.1) is 21.5 Å². The quantitative estimate of drug-likeness (QED) is 0.414. The number of nitrogens with one attached hydrogen (secondary N) is 3. The zero-order chi connectivity index (χ0) is 24.1. The molecule has 0 aliphatic heterocycles. The van der Waals surface area contributed by atoms with E-state index >= 15 is 0 Å². The van der Waals surface area contributed by atoms with Crippen LogP contribution in [-0.2, 0) is 11.3 Å². The molecule has 1 atom stereocenters. The van der Waals surface area contributed by atoms with E-state index in [4.69, 9.17) is 23.2 Å². The third-order valence-electron chi connectivity index (χ3n) is 4.98. The summed E-state index contributed by atoms with van der Waals surface area (Å²) in [4.78, 5) is 42.9. The molecule has 2 amide bonds. The average molecular weight is 490 g/mol. The molecule has 10 heteroatoms. The number of halogens is 2. The first-order valence-corrected chi connectivity index (χ1v) is 11.3. The van der Waals surface area contributed by atoms with Gasteiger partial charge in [0, 0.05) is 11.6 Å². The van der Waals surface area contributed by atoms with Crippen molar-refractivity contribution in [2.75, 3.05) is 5.43 Å². The fraction of sp³-hybridized carbons (Fsp3) is 0.304. The summed E-state index contributed by atoms with van der Waals surface area (Å²) in [5.74, 6) is -0.654. The van der Waals surface area contributed by atoms with Crippen LogP contribution in [0.25, 0.3) is 10.9 Å². The van der Waals surface area contributed by atoms with Crippen LogP contribution in [0.2, 0.25) is 10.0 Å². The third kappa shape index (κ3) is 5.83. The van der Waals surface area contributed by atoms with E-state index in [0.29, 0.717) is 28.9 Å². The lowest BCUT2D eigenvalue weighted by Gasteiger charge is -2.21. The second-order valence-corrected chi connectivity index (χ2v) is 8.74. The van der Waals surface area contributed by atoms with Gasteiger partial charge in [-0.2, -0.15) is 0 Å². The molecular formula is C23H25Cl2N5O3. The third-order valence-corrected chi connectivity index (χ3v) is 5.53. The van der Waals surface area contributed by atoms with Crippen LogP contribution >= 0.6 is 23.2 Å². The molecule has 1 aromatic heterocycles. The van der Waals surface area contributed by atoms with Gasteiger partial charge in [-0.25, -0.2) is 4.98 Å². The van der Waals surface area contributed by atoms with E-state index in [1.807, 2.05) is 20.8 Å². The number of fused-ring (bicyclic) bond motifs is 1. The van der Waals surface area contributed by atoms with Gasteiger partial charge in [-0.3, -0.25) is 29.8 Å². The van der Waals surface area contributed by atoms with Gasteiger partial charge in [0.15, 0.2) is 0 Å².